The number of rotatable bonds is 5. The molecule has 1 unspecified atom stereocenters. The number of halogens is 1. The molecule has 0 fully saturated rings. The molecule has 0 spiro atoms. The molecule has 0 saturated carbocycles. The highest BCUT2D eigenvalue weighted by Gasteiger charge is 2.29. The van der Waals surface area contributed by atoms with Gasteiger partial charge in [0.1, 0.15) is 0 Å². The van der Waals surface area contributed by atoms with Gasteiger partial charge in [0.05, 0.1) is 11.6 Å². The molecule has 16 heavy (non-hydrogen) atoms. The van der Waals surface area contributed by atoms with Crippen LogP contribution in [0, 0.1) is 0 Å². The zero-order valence-electron chi connectivity index (χ0n) is 10.4. The van der Waals surface area contributed by atoms with Crippen LogP contribution in [0.5, 0.6) is 0 Å². The minimum atomic E-state index is -0.239. The molecule has 0 aliphatic heterocycles. The Morgan fingerprint density at radius 1 is 1.31 bits per heavy atom. The fraction of sp³-hybridized carbons (Fsp3) is 0.538. The van der Waals surface area contributed by atoms with Crippen LogP contribution in [0.2, 0.25) is 5.02 Å². The van der Waals surface area contributed by atoms with E-state index in [-0.39, 0.29) is 11.6 Å². The third-order valence-electron chi connectivity index (χ3n) is 2.70. The van der Waals surface area contributed by atoms with Crippen LogP contribution >= 0.6 is 11.6 Å². The summed E-state index contributed by atoms with van der Waals surface area (Å²) < 4.78 is 5.77. The number of nitrogens with one attached hydrogen (secondary N) is 1. The van der Waals surface area contributed by atoms with Gasteiger partial charge in [-0.3, -0.25) is 0 Å². The molecule has 0 aliphatic carbocycles. The Kier molecular flexibility index (Phi) is 4.78. The van der Waals surface area contributed by atoms with Crippen molar-refractivity contribution in [2.45, 2.75) is 32.4 Å². The topological polar surface area (TPSA) is 21.3 Å². The molecule has 1 rings (SSSR count). The predicted molar refractivity (Wildman–Crippen MR) is 69.0 cm³/mol. The summed E-state index contributed by atoms with van der Waals surface area (Å²) in [7, 11) is 1.94. The second-order valence-corrected chi connectivity index (χ2v) is 4.75. The Balaban J connectivity index is 2.93. The molecule has 90 valence electrons. The molecule has 1 aromatic carbocycles. The van der Waals surface area contributed by atoms with E-state index in [9.17, 15) is 0 Å². The van der Waals surface area contributed by atoms with Crippen molar-refractivity contribution >= 4 is 11.6 Å². The molecular weight excluding hydrogens is 222 g/mol. The lowest BCUT2D eigenvalue weighted by atomic mass is 9.92. The number of ether oxygens (including phenoxy) is 1. The van der Waals surface area contributed by atoms with E-state index in [1.165, 1.54) is 5.56 Å². The minimum Gasteiger partial charge on any atom is -0.374 e. The summed E-state index contributed by atoms with van der Waals surface area (Å²) in [5.74, 6) is 0. The van der Waals surface area contributed by atoms with Gasteiger partial charge in [-0.25, -0.2) is 0 Å². The Morgan fingerprint density at radius 2 is 1.88 bits per heavy atom. The van der Waals surface area contributed by atoms with Crippen molar-refractivity contribution in [2.24, 2.45) is 0 Å². The predicted octanol–water partition coefficient (Wildman–Crippen LogP) is 3.42. The van der Waals surface area contributed by atoms with E-state index in [0.29, 0.717) is 6.61 Å². The van der Waals surface area contributed by atoms with Crippen LogP contribution in [0.3, 0.4) is 0 Å². The summed E-state index contributed by atoms with van der Waals surface area (Å²) in [5.41, 5.74) is 0.947. The number of likely N-dealkylation sites (N-methyl/N-ethyl adjacent to an activating group) is 1. The number of hydrogen-bond acceptors (Lipinski definition) is 2. The van der Waals surface area contributed by atoms with Crippen molar-refractivity contribution in [2.75, 3.05) is 13.7 Å². The van der Waals surface area contributed by atoms with Crippen molar-refractivity contribution in [1.29, 1.82) is 0 Å². The Morgan fingerprint density at radius 3 is 2.31 bits per heavy atom. The number of benzene rings is 1. The van der Waals surface area contributed by atoms with Gasteiger partial charge in [-0.2, -0.15) is 0 Å². The van der Waals surface area contributed by atoms with Crippen LogP contribution in [0.1, 0.15) is 32.4 Å². The second kappa shape index (κ2) is 5.67. The van der Waals surface area contributed by atoms with Crippen LogP contribution in [0.15, 0.2) is 24.3 Å². The molecular formula is C13H20ClNO. The molecule has 0 aliphatic rings. The summed E-state index contributed by atoms with van der Waals surface area (Å²) >= 11 is 5.88. The second-order valence-electron chi connectivity index (χ2n) is 4.31. The van der Waals surface area contributed by atoms with Crippen LogP contribution in [0.25, 0.3) is 0 Å². The molecule has 0 radical (unpaired) electrons. The molecule has 0 aromatic heterocycles. The quantitative estimate of drug-likeness (QED) is 0.853. The van der Waals surface area contributed by atoms with Crippen molar-refractivity contribution < 1.29 is 4.74 Å². The van der Waals surface area contributed by atoms with Crippen molar-refractivity contribution in [3.8, 4) is 0 Å². The van der Waals surface area contributed by atoms with E-state index in [1.807, 2.05) is 38.2 Å². The lowest BCUT2D eigenvalue weighted by molar-refractivity contribution is -0.0374. The summed E-state index contributed by atoms with van der Waals surface area (Å²) in [6, 6.07) is 8.03. The third-order valence-corrected chi connectivity index (χ3v) is 2.96. The van der Waals surface area contributed by atoms with Crippen molar-refractivity contribution in [1.82, 2.24) is 5.32 Å². The highest BCUT2D eigenvalue weighted by atomic mass is 35.5. The average molecular weight is 242 g/mol. The highest BCUT2D eigenvalue weighted by Crippen LogP contribution is 2.29. The third kappa shape index (κ3) is 3.21. The van der Waals surface area contributed by atoms with Gasteiger partial charge in [0.15, 0.2) is 0 Å². The lowest BCUT2D eigenvalue weighted by Gasteiger charge is -2.34. The zero-order chi connectivity index (χ0) is 12.2. The van der Waals surface area contributed by atoms with Crippen LogP contribution in [-0.2, 0) is 4.74 Å². The highest BCUT2D eigenvalue weighted by molar-refractivity contribution is 6.30. The zero-order valence-corrected chi connectivity index (χ0v) is 11.1. The fourth-order valence-electron chi connectivity index (χ4n) is 2.03. The van der Waals surface area contributed by atoms with E-state index in [0.717, 1.165) is 5.02 Å². The van der Waals surface area contributed by atoms with Gasteiger partial charge in [-0.15, -0.1) is 0 Å². The maximum Gasteiger partial charge on any atom is 0.0820 e. The van der Waals surface area contributed by atoms with Gasteiger partial charge >= 0.3 is 0 Å². The molecule has 0 saturated heterocycles. The maximum atomic E-state index is 5.88. The monoisotopic (exact) mass is 241 g/mol. The molecule has 1 atom stereocenters. The lowest BCUT2D eigenvalue weighted by Crippen LogP contribution is -2.40. The van der Waals surface area contributed by atoms with Gasteiger partial charge in [-0.05, 0) is 45.5 Å². The van der Waals surface area contributed by atoms with Gasteiger partial charge in [0.25, 0.3) is 0 Å². The molecule has 3 heteroatoms. The van der Waals surface area contributed by atoms with Crippen LogP contribution in [0.4, 0.5) is 0 Å². The van der Waals surface area contributed by atoms with E-state index in [1.54, 1.807) is 0 Å². The molecule has 1 N–H and O–H groups in total. The van der Waals surface area contributed by atoms with E-state index in [4.69, 9.17) is 16.3 Å². The average Bonchev–Trinajstić information content (AvgIpc) is 2.21. The van der Waals surface area contributed by atoms with E-state index >= 15 is 0 Å². The van der Waals surface area contributed by atoms with E-state index in [2.05, 4.69) is 19.2 Å². The standard InChI is InChI=1S/C13H20ClNO/c1-5-16-13(2,3)12(15-4)10-6-8-11(14)9-7-10/h6-9,12,15H,5H2,1-4H3. The molecule has 0 bridgehead atoms. The van der Waals surface area contributed by atoms with Gasteiger partial charge in [0.2, 0.25) is 0 Å². The van der Waals surface area contributed by atoms with Crippen molar-refractivity contribution in [3.05, 3.63) is 34.9 Å². The minimum absolute atomic E-state index is 0.157. The molecule has 1 aromatic rings. The van der Waals surface area contributed by atoms with Gasteiger partial charge in [0, 0.05) is 11.6 Å². The summed E-state index contributed by atoms with van der Waals surface area (Å²) in [6.07, 6.45) is 0. The smallest absolute Gasteiger partial charge is 0.0820 e. The van der Waals surface area contributed by atoms with E-state index < -0.39 is 0 Å². The Labute approximate surface area is 103 Å². The first-order chi connectivity index (χ1) is 7.51. The summed E-state index contributed by atoms with van der Waals surface area (Å²) in [4.78, 5) is 0. The first kappa shape index (κ1) is 13.5. The van der Waals surface area contributed by atoms with Gasteiger partial charge in [-0.1, -0.05) is 23.7 Å². The van der Waals surface area contributed by atoms with Crippen LogP contribution < -0.4 is 5.32 Å². The van der Waals surface area contributed by atoms with Crippen molar-refractivity contribution in [3.63, 3.8) is 0 Å². The fourth-order valence-corrected chi connectivity index (χ4v) is 2.15. The first-order valence-electron chi connectivity index (χ1n) is 5.58. The Hall–Kier alpha value is -0.570. The van der Waals surface area contributed by atoms with Gasteiger partial charge < -0.3 is 10.1 Å². The molecule has 0 amide bonds. The maximum absolute atomic E-state index is 5.88. The SMILES string of the molecule is CCOC(C)(C)C(NC)c1ccc(Cl)cc1. The largest absolute Gasteiger partial charge is 0.374 e. The molecule has 2 nitrogen and oxygen atoms in total. The first-order valence-corrected chi connectivity index (χ1v) is 5.95. The molecule has 0 heterocycles. The Bertz CT molecular complexity index is 321. The van der Waals surface area contributed by atoms with Crippen LogP contribution in [-0.4, -0.2) is 19.3 Å². The summed E-state index contributed by atoms with van der Waals surface area (Å²) in [6.45, 7) is 6.90. The number of hydrogen-bond donors (Lipinski definition) is 1. The normalized spacial score (nSPS) is 13.8. The summed E-state index contributed by atoms with van der Waals surface area (Å²) in [5, 5.41) is 4.05.